The van der Waals surface area contributed by atoms with Gasteiger partial charge in [-0.1, -0.05) is 19.9 Å². The van der Waals surface area contributed by atoms with Crippen LogP contribution in [0, 0.1) is 11.8 Å². The van der Waals surface area contributed by atoms with Gasteiger partial charge in [0.25, 0.3) is 0 Å². The zero-order valence-electron chi connectivity index (χ0n) is 8.85. The Bertz CT molecular complexity index is 258. The standard InChI is InChI=1S/C11H19N3/c1-8(2)9(7-12)11(13)10-5-3-4-6-14-10/h3-6,8-9,11H,7,12-13H2,1-2H3. The highest BCUT2D eigenvalue weighted by molar-refractivity contribution is 5.09. The lowest BCUT2D eigenvalue weighted by molar-refractivity contribution is 0.327. The highest BCUT2D eigenvalue weighted by Crippen LogP contribution is 2.23. The van der Waals surface area contributed by atoms with E-state index in [4.69, 9.17) is 11.5 Å². The van der Waals surface area contributed by atoms with E-state index in [0.29, 0.717) is 18.4 Å². The van der Waals surface area contributed by atoms with Gasteiger partial charge in [-0.2, -0.15) is 0 Å². The Morgan fingerprint density at radius 1 is 1.36 bits per heavy atom. The molecule has 1 rings (SSSR count). The molecule has 0 aliphatic rings. The number of nitrogens with two attached hydrogens (primary N) is 2. The van der Waals surface area contributed by atoms with Crippen LogP contribution in [0.1, 0.15) is 25.6 Å². The van der Waals surface area contributed by atoms with Gasteiger partial charge in [-0.15, -0.1) is 0 Å². The first-order valence-electron chi connectivity index (χ1n) is 5.03. The van der Waals surface area contributed by atoms with E-state index in [0.717, 1.165) is 5.69 Å². The van der Waals surface area contributed by atoms with Crippen molar-refractivity contribution in [3.8, 4) is 0 Å². The summed E-state index contributed by atoms with van der Waals surface area (Å²) in [4.78, 5) is 4.25. The summed E-state index contributed by atoms with van der Waals surface area (Å²) >= 11 is 0. The lowest BCUT2D eigenvalue weighted by atomic mass is 9.87. The van der Waals surface area contributed by atoms with E-state index in [-0.39, 0.29) is 6.04 Å². The average Bonchev–Trinajstić information content (AvgIpc) is 2.19. The Morgan fingerprint density at radius 2 is 2.07 bits per heavy atom. The summed E-state index contributed by atoms with van der Waals surface area (Å²) in [5.41, 5.74) is 12.7. The van der Waals surface area contributed by atoms with Crippen LogP contribution in [0.2, 0.25) is 0 Å². The van der Waals surface area contributed by atoms with Gasteiger partial charge < -0.3 is 11.5 Å². The van der Waals surface area contributed by atoms with Crippen molar-refractivity contribution in [2.75, 3.05) is 6.54 Å². The van der Waals surface area contributed by atoms with E-state index in [1.807, 2.05) is 18.2 Å². The van der Waals surface area contributed by atoms with Crippen molar-refractivity contribution >= 4 is 0 Å². The fraction of sp³-hybridized carbons (Fsp3) is 0.545. The molecule has 3 nitrogen and oxygen atoms in total. The van der Waals surface area contributed by atoms with Crippen molar-refractivity contribution in [3.63, 3.8) is 0 Å². The fourth-order valence-corrected chi connectivity index (χ4v) is 1.63. The van der Waals surface area contributed by atoms with E-state index in [1.54, 1.807) is 6.20 Å². The molecule has 0 radical (unpaired) electrons. The Morgan fingerprint density at radius 3 is 2.50 bits per heavy atom. The largest absolute Gasteiger partial charge is 0.330 e. The highest BCUT2D eigenvalue weighted by Gasteiger charge is 2.21. The van der Waals surface area contributed by atoms with E-state index < -0.39 is 0 Å². The zero-order chi connectivity index (χ0) is 10.6. The van der Waals surface area contributed by atoms with Crippen LogP contribution in [0.4, 0.5) is 0 Å². The maximum atomic E-state index is 6.11. The quantitative estimate of drug-likeness (QED) is 0.757. The summed E-state index contributed by atoms with van der Waals surface area (Å²) in [5.74, 6) is 0.780. The van der Waals surface area contributed by atoms with E-state index in [1.165, 1.54) is 0 Å². The molecular formula is C11H19N3. The van der Waals surface area contributed by atoms with Crippen LogP contribution in [0.15, 0.2) is 24.4 Å². The predicted octanol–water partition coefficient (Wildman–Crippen LogP) is 1.31. The number of hydrogen-bond acceptors (Lipinski definition) is 3. The second kappa shape index (κ2) is 5.08. The van der Waals surface area contributed by atoms with Gasteiger partial charge >= 0.3 is 0 Å². The second-order valence-corrected chi connectivity index (χ2v) is 3.92. The first-order valence-corrected chi connectivity index (χ1v) is 5.03. The van der Waals surface area contributed by atoms with Crippen molar-refractivity contribution < 1.29 is 0 Å². The van der Waals surface area contributed by atoms with Crippen LogP contribution in [0.3, 0.4) is 0 Å². The Kier molecular flexibility index (Phi) is 4.04. The summed E-state index contributed by atoms with van der Waals surface area (Å²) in [6, 6.07) is 5.75. The van der Waals surface area contributed by atoms with Crippen LogP contribution in [0.5, 0.6) is 0 Å². The second-order valence-electron chi connectivity index (χ2n) is 3.92. The Labute approximate surface area is 85.5 Å². The van der Waals surface area contributed by atoms with Gasteiger partial charge in [0, 0.05) is 6.20 Å². The number of pyridine rings is 1. The molecule has 1 aromatic rings. The molecule has 3 heteroatoms. The summed E-state index contributed by atoms with van der Waals surface area (Å²) in [5, 5.41) is 0. The van der Waals surface area contributed by atoms with Crippen molar-refractivity contribution in [1.82, 2.24) is 4.98 Å². The van der Waals surface area contributed by atoms with E-state index in [9.17, 15) is 0 Å². The molecule has 0 saturated carbocycles. The number of nitrogens with zero attached hydrogens (tertiary/aromatic N) is 1. The maximum absolute atomic E-state index is 6.11. The van der Waals surface area contributed by atoms with Crippen LogP contribution in [0.25, 0.3) is 0 Å². The summed E-state index contributed by atoms with van der Waals surface area (Å²) in [7, 11) is 0. The number of aromatic nitrogens is 1. The first kappa shape index (κ1) is 11.1. The molecular weight excluding hydrogens is 174 g/mol. The van der Waals surface area contributed by atoms with Gasteiger partial charge in [-0.05, 0) is 30.5 Å². The zero-order valence-corrected chi connectivity index (χ0v) is 8.85. The third-order valence-corrected chi connectivity index (χ3v) is 2.62. The summed E-state index contributed by atoms with van der Waals surface area (Å²) < 4.78 is 0. The van der Waals surface area contributed by atoms with Crippen LogP contribution in [-0.2, 0) is 0 Å². The highest BCUT2D eigenvalue weighted by atomic mass is 14.8. The van der Waals surface area contributed by atoms with Crippen LogP contribution >= 0.6 is 0 Å². The van der Waals surface area contributed by atoms with Gasteiger partial charge in [0.15, 0.2) is 0 Å². The van der Waals surface area contributed by atoms with E-state index in [2.05, 4.69) is 18.8 Å². The lowest BCUT2D eigenvalue weighted by Crippen LogP contribution is -2.32. The third-order valence-electron chi connectivity index (χ3n) is 2.62. The smallest absolute Gasteiger partial charge is 0.0574 e. The Hall–Kier alpha value is -0.930. The van der Waals surface area contributed by atoms with Gasteiger partial charge in [0.1, 0.15) is 0 Å². The topological polar surface area (TPSA) is 64.9 Å². The third kappa shape index (κ3) is 2.53. The first-order chi connectivity index (χ1) is 6.66. The summed E-state index contributed by atoms with van der Waals surface area (Å²) in [6.07, 6.45) is 1.77. The van der Waals surface area contributed by atoms with Crippen molar-refractivity contribution in [3.05, 3.63) is 30.1 Å². The minimum absolute atomic E-state index is 0.0544. The van der Waals surface area contributed by atoms with Gasteiger partial charge in [-0.3, -0.25) is 4.98 Å². The SMILES string of the molecule is CC(C)C(CN)C(N)c1ccccn1. The average molecular weight is 193 g/mol. The molecule has 0 spiro atoms. The van der Waals surface area contributed by atoms with Crippen LogP contribution < -0.4 is 11.5 Å². The molecule has 14 heavy (non-hydrogen) atoms. The molecule has 0 aromatic carbocycles. The van der Waals surface area contributed by atoms with Crippen LogP contribution in [-0.4, -0.2) is 11.5 Å². The molecule has 1 heterocycles. The monoisotopic (exact) mass is 193 g/mol. The normalized spacial score (nSPS) is 15.5. The molecule has 78 valence electrons. The number of hydrogen-bond donors (Lipinski definition) is 2. The molecule has 1 aromatic heterocycles. The molecule has 4 N–H and O–H groups in total. The molecule has 2 unspecified atom stereocenters. The summed E-state index contributed by atoms with van der Waals surface area (Å²) in [6.45, 7) is 4.88. The minimum Gasteiger partial charge on any atom is -0.330 e. The lowest BCUT2D eigenvalue weighted by Gasteiger charge is -2.25. The van der Waals surface area contributed by atoms with Gasteiger partial charge in [-0.25, -0.2) is 0 Å². The van der Waals surface area contributed by atoms with Crippen molar-refractivity contribution in [2.45, 2.75) is 19.9 Å². The molecule has 0 aliphatic heterocycles. The maximum Gasteiger partial charge on any atom is 0.0574 e. The minimum atomic E-state index is -0.0544. The van der Waals surface area contributed by atoms with Gasteiger partial charge in [0.05, 0.1) is 11.7 Å². The van der Waals surface area contributed by atoms with E-state index >= 15 is 0 Å². The molecule has 0 bridgehead atoms. The molecule has 0 aliphatic carbocycles. The van der Waals surface area contributed by atoms with Crippen molar-refractivity contribution in [2.24, 2.45) is 23.3 Å². The fourth-order valence-electron chi connectivity index (χ4n) is 1.63. The number of rotatable bonds is 4. The Balaban J connectivity index is 2.78. The predicted molar refractivity (Wildman–Crippen MR) is 58.5 cm³/mol. The molecule has 2 atom stereocenters. The van der Waals surface area contributed by atoms with Gasteiger partial charge in [0.2, 0.25) is 0 Å². The molecule has 0 fully saturated rings. The van der Waals surface area contributed by atoms with Crippen molar-refractivity contribution in [1.29, 1.82) is 0 Å². The molecule has 0 amide bonds. The molecule has 0 saturated heterocycles.